The molecule has 0 heterocycles. The second-order valence-corrected chi connectivity index (χ2v) is 4.44. The van der Waals surface area contributed by atoms with Gasteiger partial charge in [-0.2, -0.15) is 0 Å². The number of carbonyl (C=O) groups is 2. The van der Waals surface area contributed by atoms with Crippen molar-refractivity contribution in [3.05, 3.63) is 35.4 Å². The SMILES string of the molecule is CCCCNC(=O)c1cccc(C(=O)NCCOC)c1. The van der Waals surface area contributed by atoms with Crippen molar-refractivity contribution in [1.82, 2.24) is 10.6 Å². The minimum Gasteiger partial charge on any atom is -0.383 e. The van der Waals surface area contributed by atoms with Crippen molar-refractivity contribution in [3.63, 3.8) is 0 Å². The van der Waals surface area contributed by atoms with Crippen molar-refractivity contribution < 1.29 is 14.3 Å². The Hall–Kier alpha value is -1.88. The van der Waals surface area contributed by atoms with Gasteiger partial charge in [0.25, 0.3) is 11.8 Å². The van der Waals surface area contributed by atoms with Gasteiger partial charge in [0.1, 0.15) is 0 Å². The molecule has 20 heavy (non-hydrogen) atoms. The van der Waals surface area contributed by atoms with E-state index in [0.29, 0.717) is 30.8 Å². The monoisotopic (exact) mass is 278 g/mol. The molecular weight excluding hydrogens is 256 g/mol. The highest BCUT2D eigenvalue weighted by atomic mass is 16.5. The van der Waals surface area contributed by atoms with E-state index < -0.39 is 0 Å². The van der Waals surface area contributed by atoms with E-state index in [1.807, 2.05) is 0 Å². The van der Waals surface area contributed by atoms with Crippen LogP contribution in [0, 0.1) is 0 Å². The molecule has 1 aromatic rings. The van der Waals surface area contributed by atoms with Gasteiger partial charge in [-0.1, -0.05) is 19.4 Å². The molecular formula is C15H22N2O3. The first kappa shape index (κ1) is 16.2. The lowest BCUT2D eigenvalue weighted by atomic mass is 10.1. The first-order valence-corrected chi connectivity index (χ1v) is 6.84. The van der Waals surface area contributed by atoms with Gasteiger partial charge in [-0.15, -0.1) is 0 Å². The fourth-order valence-electron chi connectivity index (χ4n) is 1.65. The van der Waals surface area contributed by atoms with Crippen molar-refractivity contribution >= 4 is 11.8 Å². The average Bonchev–Trinajstić information content (AvgIpc) is 2.47. The highest BCUT2D eigenvalue weighted by Crippen LogP contribution is 2.05. The summed E-state index contributed by atoms with van der Waals surface area (Å²) in [6, 6.07) is 6.70. The van der Waals surface area contributed by atoms with Gasteiger partial charge in [0.15, 0.2) is 0 Å². The number of amides is 2. The van der Waals surface area contributed by atoms with Gasteiger partial charge < -0.3 is 15.4 Å². The molecule has 0 atom stereocenters. The van der Waals surface area contributed by atoms with Crippen LogP contribution in [0.1, 0.15) is 40.5 Å². The molecule has 1 rings (SSSR count). The number of hydrogen-bond acceptors (Lipinski definition) is 3. The Labute approximate surface area is 119 Å². The van der Waals surface area contributed by atoms with E-state index in [2.05, 4.69) is 17.6 Å². The first-order chi connectivity index (χ1) is 9.69. The van der Waals surface area contributed by atoms with E-state index in [4.69, 9.17) is 4.74 Å². The zero-order chi connectivity index (χ0) is 14.8. The molecule has 0 saturated heterocycles. The van der Waals surface area contributed by atoms with Crippen molar-refractivity contribution in [2.45, 2.75) is 19.8 Å². The number of ether oxygens (including phenoxy) is 1. The topological polar surface area (TPSA) is 67.4 Å². The Morgan fingerprint density at radius 1 is 1.10 bits per heavy atom. The number of methoxy groups -OCH3 is 1. The van der Waals surface area contributed by atoms with Crippen LogP contribution in [-0.4, -0.2) is 38.6 Å². The maximum absolute atomic E-state index is 11.9. The molecule has 2 amide bonds. The van der Waals surface area contributed by atoms with Crippen LogP contribution >= 0.6 is 0 Å². The van der Waals surface area contributed by atoms with Gasteiger partial charge in [-0.3, -0.25) is 9.59 Å². The molecule has 0 saturated carbocycles. The van der Waals surface area contributed by atoms with Crippen molar-refractivity contribution in [2.75, 3.05) is 26.8 Å². The fourth-order valence-corrected chi connectivity index (χ4v) is 1.65. The van der Waals surface area contributed by atoms with Crippen LogP contribution in [0.15, 0.2) is 24.3 Å². The fraction of sp³-hybridized carbons (Fsp3) is 0.467. The van der Waals surface area contributed by atoms with Gasteiger partial charge in [0.2, 0.25) is 0 Å². The molecule has 0 aromatic heterocycles. The maximum Gasteiger partial charge on any atom is 0.251 e. The molecule has 0 radical (unpaired) electrons. The summed E-state index contributed by atoms with van der Waals surface area (Å²) in [7, 11) is 1.58. The normalized spacial score (nSPS) is 10.1. The predicted octanol–water partition coefficient (Wildman–Crippen LogP) is 1.59. The van der Waals surface area contributed by atoms with Crippen molar-refractivity contribution in [2.24, 2.45) is 0 Å². The van der Waals surface area contributed by atoms with Gasteiger partial charge in [-0.05, 0) is 24.6 Å². The third-order valence-electron chi connectivity index (χ3n) is 2.79. The summed E-state index contributed by atoms with van der Waals surface area (Å²) in [6.07, 6.45) is 1.98. The second kappa shape index (κ2) is 9.09. The van der Waals surface area contributed by atoms with Gasteiger partial charge >= 0.3 is 0 Å². The van der Waals surface area contributed by atoms with Crippen LogP contribution in [0.3, 0.4) is 0 Å². The van der Waals surface area contributed by atoms with Gasteiger partial charge in [0.05, 0.1) is 6.61 Å². The Morgan fingerprint density at radius 3 is 2.25 bits per heavy atom. The quantitative estimate of drug-likeness (QED) is 0.710. The number of rotatable bonds is 8. The summed E-state index contributed by atoms with van der Waals surface area (Å²) in [5.74, 6) is -0.352. The Balaban J connectivity index is 2.60. The third-order valence-corrected chi connectivity index (χ3v) is 2.79. The van der Waals surface area contributed by atoms with Crippen LogP contribution < -0.4 is 10.6 Å². The van der Waals surface area contributed by atoms with Crippen LogP contribution in [0.25, 0.3) is 0 Å². The summed E-state index contributed by atoms with van der Waals surface area (Å²) < 4.78 is 4.87. The van der Waals surface area contributed by atoms with Crippen LogP contribution in [-0.2, 0) is 4.74 Å². The standard InChI is InChI=1S/C15H22N2O3/c1-3-4-8-16-14(18)12-6-5-7-13(11-12)15(19)17-9-10-20-2/h5-7,11H,3-4,8-10H2,1-2H3,(H,16,18)(H,17,19). The molecule has 5 nitrogen and oxygen atoms in total. The van der Waals surface area contributed by atoms with Crippen LogP contribution in [0.2, 0.25) is 0 Å². The van der Waals surface area contributed by atoms with E-state index in [1.54, 1.807) is 31.4 Å². The number of hydrogen-bond donors (Lipinski definition) is 2. The third kappa shape index (κ3) is 5.40. The second-order valence-electron chi connectivity index (χ2n) is 4.44. The highest BCUT2D eigenvalue weighted by Gasteiger charge is 2.09. The molecule has 0 aliphatic heterocycles. The average molecular weight is 278 g/mol. The molecule has 0 bridgehead atoms. The summed E-state index contributed by atoms with van der Waals surface area (Å²) in [5, 5.41) is 5.55. The number of unbranched alkanes of at least 4 members (excludes halogenated alkanes) is 1. The molecule has 0 unspecified atom stereocenters. The molecule has 0 aliphatic rings. The number of carbonyl (C=O) groups excluding carboxylic acids is 2. The maximum atomic E-state index is 11.9. The van der Waals surface area contributed by atoms with Crippen LogP contribution in [0.4, 0.5) is 0 Å². The minimum atomic E-state index is -0.203. The molecule has 2 N–H and O–H groups in total. The molecule has 110 valence electrons. The van der Waals surface area contributed by atoms with Gasteiger partial charge in [0, 0.05) is 31.3 Å². The summed E-state index contributed by atoms with van der Waals surface area (Å²) in [5.41, 5.74) is 0.977. The van der Waals surface area contributed by atoms with E-state index in [1.165, 1.54) is 0 Å². The van der Waals surface area contributed by atoms with Gasteiger partial charge in [-0.25, -0.2) is 0 Å². The van der Waals surface area contributed by atoms with Crippen LogP contribution in [0.5, 0.6) is 0 Å². The van der Waals surface area contributed by atoms with E-state index in [0.717, 1.165) is 12.8 Å². The Morgan fingerprint density at radius 2 is 1.70 bits per heavy atom. The Bertz CT molecular complexity index is 409. The number of benzene rings is 1. The summed E-state index contributed by atoms with van der Waals surface area (Å²) in [4.78, 5) is 23.7. The zero-order valence-corrected chi connectivity index (χ0v) is 12.1. The first-order valence-electron chi connectivity index (χ1n) is 6.84. The van der Waals surface area contributed by atoms with E-state index in [-0.39, 0.29) is 11.8 Å². The largest absolute Gasteiger partial charge is 0.383 e. The van der Waals surface area contributed by atoms with E-state index in [9.17, 15) is 9.59 Å². The summed E-state index contributed by atoms with van der Waals surface area (Å²) >= 11 is 0. The lowest BCUT2D eigenvalue weighted by Crippen LogP contribution is -2.28. The molecule has 0 aliphatic carbocycles. The van der Waals surface area contributed by atoms with Crippen molar-refractivity contribution in [1.29, 1.82) is 0 Å². The minimum absolute atomic E-state index is 0.148. The predicted molar refractivity (Wildman–Crippen MR) is 77.9 cm³/mol. The van der Waals surface area contributed by atoms with E-state index >= 15 is 0 Å². The number of nitrogens with one attached hydrogen (secondary N) is 2. The smallest absolute Gasteiger partial charge is 0.251 e. The summed E-state index contributed by atoms with van der Waals surface area (Å²) in [6.45, 7) is 3.63. The molecule has 5 heteroatoms. The molecule has 0 spiro atoms. The lowest BCUT2D eigenvalue weighted by Gasteiger charge is -2.07. The molecule has 0 fully saturated rings. The Kier molecular flexibility index (Phi) is 7.35. The zero-order valence-electron chi connectivity index (χ0n) is 12.1. The lowest BCUT2D eigenvalue weighted by molar-refractivity contribution is 0.0937. The molecule has 1 aromatic carbocycles. The highest BCUT2D eigenvalue weighted by molar-refractivity contribution is 5.99. The van der Waals surface area contributed by atoms with Crippen molar-refractivity contribution in [3.8, 4) is 0 Å².